The summed E-state index contributed by atoms with van der Waals surface area (Å²) in [5, 5.41) is 20.7. The summed E-state index contributed by atoms with van der Waals surface area (Å²) in [4.78, 5) is 6.41. The van der Waals surface area contributed by atoms with E-state index >= 15 is 0 Å². The topological polar surface area (TPSA) is 124 Å². The van der Waals surface area contributed by atoms with Crippen LogP contribution in [-0.4, -0.2) is 5.48 Å². The Morgan fingerprint density at radius 3 is 1.42 bits per heavy atom. The zero-order chi connectivity index (χ0) is 30.7. The van der Waals surface area contributed by atoms with Crippen molar-refractivity contribution in [2.45, 2.75) is 0 Å². The molecule has 0 aliphatic heterocycles. The summed E-state index contributed by atoms with van der Waals surface area (Å²) in [6, 6.07) is 22.2. The quantitative estimate of drug-likeness (QED) is 0.0705. The zero-order valence-corrected chi connectivity index (χ0v) is 29.0. The van der Waals surface area contributed by atoms with E-state index in [0.717, 1.165) is 11.4 Å². The summed E-state index contributed by atoms with van der Waals surface area (Å²) in [6.45, 7) is 14.0. The molecule has 0 saturated heterocycles. The molecule has 43 heavy (non-hydrogen) atoms. The monoisotopic (exact) mass is 718 g/mol. The molecule has 0 fully saturated rings. The summed E-state index contributed by atoms with van der Waals surface area (Å²) in [5.74, 6) is 0. The van der Waals surface area contributed by atoms with Crippen molar-refractivity contribution < 1.29 is 35.0 Å². The first kappa shape index (κ1) is 40.4. The van der Waals surface area contributed by atoms with Gasteiger partial charge in [-0.1, -0.05) is 118 Å². The molecular formula is C28H14Cl7N6NaO. The van der Waals surface area contributed by atoms with Gasteiger partial charge in [-0.05, 0) is 24.3 Å². The predicted octanol–water partition coefficient (Wildman–Crippen LogP) is 8.63. The van der Waals surface area contributed by atoms with Gasteiger partial charge in [0.15, 0.2) is 0 Å². The average molecular weight is 722 g/mol. The molecule has 0 spiro atoms. The van der Waals surface area contributed by atoms with Crippen molar-refractivity contribution in [2.75, 3.05) is 11.1 Å². The van der Waals surface area contributed by atoms with Crippen LogP contribution in [-0.2, 0) is 0 Å². The van der Waals surface area contributed by atoms with Gasteiger partial charge in [0.2, 0.25) is 11.4 Å². The number of nitrogens with one attached hydrogen (secondary N) is 1. The Labute approximate surface area is 305 Å². The third-order valence-corrected chi connectivity index (χ3v) is 7.73. The number of para-hydroxylation sites is 2. The maximum Gasteiger partial charge on any atom is 1.00 e. The standard InChI is InChI=1S/C14H6Cl3N3.C8Cl4N2.C6H7N.Na.H2O/c1-19-13-11(16)9(7-18)10(15)12(17)14(13)20-8-5-3-2-4-6-8;1-14-8-5(10)3(2-13)4(9)6(11)7(8)12;7-6-4-2-1-3-5-6;;/h2-6,20H;;1-5H,7H2;;1H2/q;;;+1;/p-1. The Bertz CT molecular complexity index is 1710. The predicted molar refractivity (Wildman–Crippen MR) is 172 cm³/mol. The minimum atomic E-state index is -0.0677. The van der Waals surface area contributed by atoms with Gasteiger partial charge in [-0.25, -0.2) is 9.69 Å². The van der Waals surface area contributed by atoms with Crippen LogP contribution in [0.3, 0.4) is 0 Å². The molecule has 4 aromatic rings. The fourth-order valence-electron chi connectivity index (χ4n) is 2.90. The molecule has 7 nitrogen and oxygen atoms in total. The molecule has 0 radical (unpaired) electrons. The molecule has 0 bridgehead atoms. The Kier molecular flexibility index (Phi) is 18.5. The van der Waals surface area contributed by atoms with Gasteiger partial charge in [0.1, 0.15) is 12.1 Å². The van der Waals surface area contributed by atoms with Gasteiger partial charge in [-0.15, -0.1) is 0 Å². The van der Waals surface area contributed by atoms with E-state index in [1.807, 2.05) is 66.7 Å². The van der Waals surface area contributed by atoms with Crippen molar-refractivity contribution in [3.63, 3.8) is 0 Å². The Morgan fingerprint density at radius 1 is 0.605 bits per heavy atom. The minimum absolute atomic E-state index is 0. The average Bonchev–Trinajstić information content (AvgIpc) is 2.97. The molecule has 0 aromatic heterocycles. The molecule has 0 amide bonds. The van der Waals surface area contributed by atoms with Gasteiger partial charge in [-0.2, -0.15) is 10.5 Å². The summed E-state index contributed by atoms with van der Waals surface area (Å²) in [5.41, 5.74) is 7.19. The molecule has 0 saturated carbocycles. The summed E-state index contributed by atoms with van der Waals surface area (Å²) in [6.07, 6.45) is 0. The first-order valence-corrected chi connectivity index (χ1v) is 13.4. The normalized spacial score (nSPS) is 8.91. The Balaban J connectivity index is 0.000000668. The summed E-state index contributed by atoms with van der Waals surface area (Å²) < 4.78 is 0. The van der Waals surface area contributed by atoms with E-state index in [4.69, 9.17) is 111 Å². The second-order valence-electron chi connectivity index (χ2n) is 7.37. The van der Waals surface area contributed by atoms with E-state index < -0.39 is 0 Å². The van der Waals surface area contributed by atoms with Gasteiger partial charge in [0.25, 0.3) is 0 Å². The van der Waals surface area contributed by atoms with E-state index in [1.165, 1.54) is 0 Å². The number of halogens is 7. The molecule has 0 atom stereocenters. The maximum atomic E-state index is 9.02. The van der Waals surface area contributed by atoms with Crippen LogP contribution in [0.25, 0.3) is 9.69 Å². The van der Waals surface area contributed by atoms with Gasteiger partial charge in [-0.3, -0.25) is 0 Å². The van der Waals surface area contributed by atoms with Gasteiger partial charge in [0, 0.05) is 11.4 Å². The van der Waals surface area contributed by atoms with E-state index in [0.29, 0.717) is 5.69 Å². The van der Waals surface area contributed by atoms with E-state index in [9.17, 15) is 0 Å². The van der Waals surface area contributed by atoms with Crippen LogP contribution in [0.5, 0.6) is 0 Å². The molecule has 4 N–H and O–H groups in total. The Hall–Kier alpha value is -2.57. The largest absolute Gasteiger partial charge is 1.00 e. The first-order valence-electron chi connectivity index (χ1n) is 10.8. The number of hydrogen-bond acceptors (Lipinski definition) is 5. The summed E-state index contributed by atoms with van der Waals surface area (Å²) >= 11 is 41.0. The number of nitrogen functional groups attached to an aromatic ring is 1. The minimum Gasteiger partial charge on any atom is -0.870 e. The number of anilines is 3. The molecule has 15 heteroatoms. The smallest absolute Gasteiger partial charge is 0.870 e. The number of nitriles is 2. The number of hydrogen-bond donors (Lipinski definition) is 2. The van der Waals surface area contributed by atoms with Crippen LogP contribution in [0.15, 0.2) is 60.7 Å². The van der Waals surface area contributed by atoms with Gasteiger partial charge < -0.3 is 16.5 Å². The van der Waals surface area contributed by atoms with E-state index in [-0.39, 0.29) is 92.7 Å². The number of nitrogens with zero attached hydrogens (tertiary/aromatic N) is 4. The van der Waals surface area contributed by atoms with Crippen LogP contribution in [0, 0.1) is 35.8 Å². The van der Waals surface area contributed by atoms with Gasteiger partial charge >= 0.3 is 29.6 Å². The Morgan fingerprint density at radius 2 is 1.02 bits per heavy atom. The maximum absolute atomic E-state index is 9.02. The van der Waals surface area contributed by atoms with Crippen molar-refractivity contribution in [3.8, 4) is 12.1 Å². The SMILES string of the molecule is Nc1ccccc1.[C-]#[N+]c1c(Cl)c(C#N)c(Cl)c(Cl)c1Nc1ccccc1.[C-]#[N+]c1c(Cl)c(Cl)c(Cl)c(C#N)c1Cl.[Na+].[OH-]. The third kappa shape index (κ3) is 10.2. The van der Waals surface area contributed by atoms with Crippen molar-refractivity contribution in [1.29, 1.82) is 10.5 Å². The number of rotatable bonds is 2. The van der Waals surface area contributed by atoms with E-state index in [1.54, 1.807) is 6.07 Å². The van der Waals surface area contributed by atoms with Crippen LogP contribution < -0.4 is 40.6 Å². The number of benzene rings is 4. The van der Waals surface area contributed by atoms with Crippen molar-refractivity contribution in [3.05, 3.63) is 130 Å². The van der Waals surface area contributed by atoms with Crippen LogP contribution >= 0.6 is 81.2 Å². The van der Waals surface area contributed by atoms with Crippen LogP contribution in [0.4, 0.5) is 28.4 Å². The van der Waals surface area contributed by atoms with Crippen molar-refractivity contribution in [1.82, 2.24) is 0 Å². The molecule has 212 valence electrons. The van der Waals surface area contributed by atoms with Crippen molar-refractivity contribution >= 4 is 110 Å². The summed E-state index contributed by atoms with van der Waals surface area (Å²) in [7, 11) is 0. The van der Waals surface area contributed by atoms with Gasteiger partial charge in [0.05, 0.1) is 65.1 Å². The molecular weight excluding hydrogens is 708 g/mol. The molecule has 4 aromatic carbocycles. The van der Waals surface area contributed by atoms with Crippen LogP contribution in [0.1, 0.15) is 11.1 Å². The second kappa shape index (κ2) is 19.7. The fraction of sp³-hybridized carbons (Fsp3) is 0. The molecule has 0 unspecified atom stereocenters. The first-order chi connectivity index (χ1) is 19.5. The molecule has 0 aliphatic rings. The third-order valence-electron chi connectivity index (χ3n) is 4.83. The zero-order valence-electron chi connectivity index (χ0n) is 21.7. The molecule has 4 rings (SSSR count). The number of nitrogens with two attached hydrogens (primary N) is 1. The fourth-order valence-corrected chi connectivity index (χ4v) is 4.75. The molecule has 0 heterocycles. The van der Waals surface area contributed by atoms with Crippen molar-refractivity contribution in [2.24, 2.45) is 0 Å². The second-order valence-corrected chi connectivity index (χ2v) is 10.0. The molecule has 0 aliphatic carbocycles. The van der Waals surface area contributed by atoms with Crippen LogP contribution in [0.2, 0.25) is 35.2 Å². The van der Waals surface area contributed by atoms with E-state index in [2.05, 4.69) is 15.0 Å².